The zero-order valence-electron chi connectivity index (χ0n) is 14.0. The lowest BCUT2D eigenvalue weighted by atomic mass is 9.81. The van der Waals surface area contributed by atoms with E-state index in [0.717, 1.165) is 0 Å². The van der Waals surface area contributed by atoms with Gasteiger partial charge in [0.1, 0.15) is 36.6 Å². The minimum Gasteiger partial charge on any atom is -0.396 e. The number of rotatable bonds is 5. The van der Waals surface area contributed by atoms with E-state index < -0.39 is 74.3 Å². The molecule has 14 nitrogen and oxygen atoms in total. The average Bonchev–Trinajstić information content (AvgIpc) is 2.68. The molecule has 1 aliphatic carbocycles. The van der Waals surface area contributed by atoms with E-state index in [2.05, 4.69) is 10.1 Å². The molecule has 0 aromatic heterocycles. The fourth-order valence-electron chi connectivity index (χ4n) is 2.95. The molecule has 2 aliphatic rings. The van der Waals surface area contributed by atoms with Crippen molar-refractivity contribution in [2.45, 2.75) is 61.5 Å². The minimum atomic E-state index is -1.64. The second kappa shape index (κ2) is 11.4. The first-order valence-electron chi connectivity index (χ1n) is 7.96. The summed E-state index contributed by atoms with van der Waals surface area (Å²) in [7, 11) is 0. The van der Waals surface area contributed by atoms with Crippen LogP contribution in [0.4, 0.5) is 0 Å². The molecule has 0 aromatic carbocycles. The maximum Gasteiger partial charge on any atom is 0.187 e. The molecule has 1 saturated carbocycles. The van der Waals surface area contributed by atoms with Gasteiger partial charge in [-0.25, -0.2) is 10.5 Å². The van der Waals surface area contributed by atoms with E-state index in [1.54, 1.807) is 0 Å². The Hall–Kier alpha value is -0.560. The lowest BCUT2D eigenvalue weighted by Gasteiger charge is -2.44. The highest BCUT2D eigenvalue weighted by Gasteiger charge is 2.48. The summed E-state index contributed by atoms with van der Waals surface area (Å²) < 4.78 is 10.5. The molecule has 0 spiro atoms. The van der Waals surface area contributed by atoms with E-state index in [1.807, 2.05) is 0 Å². The molecule has 14 heteroatoms. The van der Waals surface area contributed by atoms with Gasteiger partial charge in [-0.15, -0.1) is 0 Å². The van der Waals surface area contributed by atoms with Crippen molar-refractivity contribution < 1.29 is 70.9 Å². The van der Waals surface area contributed by atoms with Gasteiger partial charge in [0, 0.05) is 12.5 Å². The summed E-state index contributed by atoms with van der Waals surface area (Å²) in [6.07, 6.45) is -12.9. The third kappa shape index (κ3) is 5.96. The highest BCUT2D eigenvalue weighted by molar-refractivity contribution is 4.95. The van der Waals surface area contributed by atoms with Crippen molar-refractivity contribution in [3.05, 3.63) is 0 Å². The molecule has 5 unspecified atom stereocenters. The summed E-state index contributed by atoms with van der Waals surface area (Å²) in [4.78, 5) is 0. The third-order valence-corrected chi connectivity index (χ3v) is 4.52. The van der Waals surface area contributed by atoms with Crippen molar-refractivity contribution in [1.82, 2.24) is 0 Å². The fourth-order valence-corrected chi connectivity index (χ4v) is 2.95. The van der Waals surface area contributed by atoms with Gasteiger partial charge in [0.15, 0.2) is 6.29 Å². The lowest BCUT2D eigenvalue weighted by molar-refractivity contribution is -0.611. The monoisotopic (exact) mass is 406 g/mol. The maximum atomic E-state index is 9.96. The van der Waals surface area contributed by atoms with Crippen molar-refractivity contribution in [3.63, 3.8) is 0 Å². The molecule has 10 N–H and O–H groups in total. The van der Waals surface area contributed by atoms with Crippen LogP contribution >= 0.6 is 0 Å². The molecule has 0 amide bonds. The van der Waals surface area contributed by atoms with Crippen LogP contribution in [0.1, 0.15) is 6.42 Å². The van der Waals surface area contributed by atoms with Crippen molar-refractivity contribution >= 4 is 0 Å². The summed E-state index contributed by atoms with van der Waals surface area (Å²) in [5.41, 5.74) is 0. The van der Waals surface area contributed by atoms with E-state index in [-0.39, 0.29) is 6.42 Å². The molecule has 1 aliphatic heterocycles. The smallest absolute Gasteiger partial charge is 0.187 e. The van der Waals surface area contributed by atoms with Crippen LogP contribution in [0.25, 0.3) is 0 Å². The molecule has 27 heavy (non-hydrogen) atoms. The Morgan fingerprint density at radius 1 is 0.704 bits per heavy atom. The van der Waals surface area contributed by atoms with Gasteiger partial charge < -0.3 is 50.3 Å². The third-order valence-electron chi connectivity index (χ3n) is 4.52. The molecule has 2 fully saturated rings. The largest absolute Gasteiger partial charge is 0.396 e. The summed E-state index contributed by atoms with van der Waals surface area (Å²) >= 11 is 0. The van der Waals surface area contributed by atoms with Crippen LogP contribution in [-0.4, -0.2) is 120 Å². The lowest BCUT2D eigenvalue weighted by Crippen LogP contribution is -2.62. The Balaban J connectivity index is 0.000000828. The van der Waals surface area contributed by atoms with Crippen LogP contribution < -0.4 is 0 Å². The molecular formula is C13H26O14. The summed E-state index contributed by atoms with van der Waals surface area (Å²) in [6, 6.07) is 0. The van der Waals surface area contributed by atoms with E-state index >= 15 is 0 Å². The SMILES string of the molecule is OCC1C[C@H](OC2OC(CO)[C@@H](O)[C@H](O)[C@@H]2O)C(O)C(O)[C@@H]1O.OOOO. The van der Waals surface area contributed by atoms with Crippen LogP contribution in [0, 0.1) is 5.92 Å². The van der Waals surface area contributed by atoms with E-state index in [9.17, 15) is 35.7 Å². The van der Waals surface area contributed by atoms with Crippen LogP contribution in [-0.2, 0) is 19.6 Å². The fraction of sp³-hybridized carbons (Fsp3) is 1.00. The second-order valence-electron chi connectivity index (χ2n) is 6.17. The Morgan fingerprint density at radius 2 is 1.26 bits per heavy atom. The van der Waals surface area contributed by atoms with Crippen LogP contribution in [0.15, 0.2) is 0 Å². The molecule has 1 heterocycles. The standard InChI is InChI=1S/C13H24O10.H2O4/c14-2-4-1-5(8(17)10(19)7(4)16)22-13-12(21)11(20)9(18)6(3-15)23-13;1-3-4-2/h4-21H,1-3H2;1-2H/t4?,5-,6?,7+,8?,9+,10?,11-,12-,13?;/m0./s1. The van der Waals surface area contributed by atoms with Crippen molar-refractivity contribution in [1.29, 1.82) is 0 Å². The zero-order chi connectivity index (χ0) is 20.7. The van der Waals surface area contributed by atoms with Gasteiger partial charge >= 0.3 is 0 Å². The Labute approximate surface area is 152 Å². The highest BCUT2D eigenvalue weighted by atomic mass is 17.6. The van der Waals surface area contributed by atoms with E-state index in [1.165, 1.54) is 0 Å². The first-order valence-corrected chi connectivity index (χ1v) is 7.96. The molecule has 10 atom stereocenters. The van der Waals surface area contributed by atoms with Crippen molar-refractivity contribution in [3.8, 4) is 0 Å². The van der Waals surface area contributed by atoms with Gasteiger partial charge in [-0.2, -0.15) is 0 Å². The molecule has 2 rings (SSSR count). The first-order chi connectivity index (χ1) is 12.7. The molecule has 0 radical (unpaired) electrons. The van der Waals surface area contributed by atoms with Gasteiger partial charge in [0.2, 0.25) is 0 Å². The highest BCUT2D eigenvalue weighted by Crippen LogP contribution is 2.31. The molecular weight excluding hydrogens is 380 g/mol. The summed E-state index contributed by atoms with van der Waals surface area (Å²) in [5, 5.41) is 96.1. The van der Waals surface area contributed by atoms with Crippen LogP contribution in [0.5, 0.6) is 0 Å². The molecule has 162 valence electrons. The van der Waals surface area contributed by atoms with Gasteiger partial charge in [-0.05, 0) is 16.5 Å². The van der Waals surface area contributed by atoms with E-state index in [4.69, 9.17) is 25.1 Å². The average molecular weight is 406 g/mol. The van der Waals surface area contributed by atoms with Crippen molar-refractivity contribution in [2.24, 2.45) is 5.92 Å². The Kier molecular flexibility index (Phi) is 10.4. The van der Waals surface area contributed by atoms with Gasteiger partial charge in [-0.1, -0.05) is 0 Å². The topological polar surface area (TPSA) is 239 Å². The first kappa shape index (κ1) is 24.5. The summed E-state index contributed by atoms with van der Waals surface area (Å²) in [5.74, 6) is -0.747. The number of ether oxygens (including phenoxy) is 2. The summed E-state index contributed by atoms with van der Waals surface area (Å²) in [6.45, 7) is -1.07. The minimum absolute atomic E-state index is 0.0229. The van der Waals surface area contributed by atoms with Crippen LogP contribution in [0.3, 0.4) is 0 Å². The second-order valence-corrected chi connectivity index (χ2v) is 6.17. The van der Waals surface area contributed by atoms with Crippen LogP contribution in [0.2, 0.25) is 0 Å². The predicted octanol–water partition coefficient (Wildman–Crippen LogP) is -4.85. The Bertz CT molecular complexity index is 372. The van der Waals surface area contributed by atoms with Gasteiger partial charge in [0.05, 0.1) is 18.8 Å². The van der Waals surface area contributed by atoms with E-state index in [0.29, 0.717) is 0 Å². The predicted molar refractivity (Wildman–Crippen MR) is 79.3 cm³/mol. The molecule has 0 aromatic rings. The number of aliphatic hydroxyl groups excluding tert-OH is 8. The number of hydrogen-bond donors (Lipinski definition) is 10. The van der Waals surface area contributed by atoms with Gasteiger partial charge in [0.25, 0.3) is 0 Å². The Morgan fingerprint density at radius 3 is 1.74 bits per heavy atom. The quantitative estimate of drug-likeness (QED) is 0.152. The van der Waals surface area contributed by atoms with Crippen molar-refractivity contribution in [2.75, 3.05) is 13.2 Å². The van der Waals surface area contributed by atoms with Gasteiger partial charge in [-0.3, -0.25) is 0 Å². The maximum absolute atomic E-state index is 9.96. The number of aliphatic hydroxyl groups is 8. The zero-order valence-corrected chi connectivity index (χ0v) is 14.0. The number of hydrogen-bond acceptors (Lipinski definition) is 14. The molecule has 0 bridgehead atoms. The normalized spacial score (nSPS) is 45.1. The molecule has 1 saturated heterocycles.